The van der Waals surface area contributed by atoms with Crippen molar-refractivity contribution in [1.29, 1.82) is 0 Å². The fourth-order valence-corrected chi connectivity index (χ4v) is 3.30. The Bertz CT molecular complexity index is 419. The quantitative estimate of drug-likeness (QED) is 0.782. The zero-order valence-electron chi connectivity index (χ0n) is 14.2. The highest BCUT2D eigenvalue weighted by atomic mass is 16.3. The van der Waals surface area contributed by atoms with Gasteiger partial charge in [-0.25, -0.2) is 0 Å². The lowest BCUT2D eigenvalue weighted by molar-refractivity contribution is 0.199. The molecule has 1 aliphatic rings. The van der Waals surface area contributed by atoms with E-state index in [0.717, 1.165) is 43.7 Å². The van der Waals surface area contributed by atoms with Crippen LogP contribution in [-0.2, 0) is 13.1 Å². The number of rotatable bonds is 8. The van der Waals surface area contributed by atoms with E-state index >= 15 is 0 Å². The van der Waals surface area contributed by atoms with E-state index in [4.69, 9.17) is 4.42 Å². The van der Waals surface area contributed by atoms with Gasteiger partial charge in [0.15, 0.2) is 0 Å². The molecule has 0 spiro atoms. The van der Waals surface area contributed by atoms with E-state index in [9.17, 15) is 0 Å². The van der Waals surface area contributed by atoms with Crippen molar-refractivity contribution in [1.82, 2.24) is 10.2 Å². The van der Waals surface area contributed by atoms with Gasteiger partial charge in [0.25, 0.3) is 0 Å². The molecule has 1 aliphatic carbocycles. The summed E-state index contributed by atoms with van der Waals surface area (Å²) in [5.41, 5.74) is 1.37. The van der Waals surface area contributed by atoms with Crippen LogP contribution >= 0.6 is 0 Å². The zero-order chi connectivity index (χ0) is 15.2. The van der Waals surface area contributed by atoms with Gasteiger partial charge in [-0.1, -0.05) is 33.6 Å². The van der Waals surface area contributed by atoms with Crippen LogP contribution in [0.25, 0.3) is 0 Å². The second kappa shape index (κ2) is 8.00. The summed E-state index contributed by atoms with van der Waals surface area (Å²) in [4.78, 5) is 2.62. The fraction of sp³-hybridized carbons (Fsp3) is 0.778. The molecule has 1 saturated carbocycles. The van der Waals surface area contributed by atoms with Crippen LogP contribution in [0.1, 0.15) is 63.5 Å². The number of furan rings is 1. The van der Waals surface area contributed by atoms with Crippen LogP contribution in [0.15, 0.2) is 10.5 Å². The fourth-order valence-electron chi connectivity index (χ4n) is 3.30. The van der Waals surface area contributed by atoms with E-state index in [1.54, 1.807) is 0 Å². The maximum atomic E-state index is 5.92. The number of hydrogen-bond donors (Lipinski definition) is 1. The zero-order valence-corrected chi connectivity index (χ0v) is 14.2. The number of hydrogen-bond acceptors (Lipinski definition) is 3. The van der Waals surface area contributed by atoms with Crippen LogP contribution in [0, 0.1) is 12.8 Å². The summed E-state index contributed by atoms with van der Waals surface area (Å²) in [5, 5.41) is 3.46. The Morgan fingerprint density at radius 2 is 2.05 bits per heavy atom. The van der Waals surface area contributed by atoms with Crippen LogP contribution in [0.2, 0.25) is 0 Å². The first-order chi connectivity index (χ1) is 10.1. The van der Waals surface area contributed by atoms with Crippen molar-refractivity contribution in [3.8, 4) is 0 Å². The van der Waals surface area contributed by atoms with Crippen LogP contribution in [-0.4, -0.2) is 24.0 Å². The summed E-state index contributed by atoms with van der Waals surface area (Å²) in [7, 11) is 0. The summed E-state index contributed by atoms with van der Waals surface area (Å²) >= 11 is 0. The third-order valence-corrected chi connectivity index (χ3v) is 4.54. The molecule has 1 aromatic rings. The summed E-state index contributed by atoms with van der Waals surface area (Å²) in [6, 6.07) is 3.03. The SMILES string of the molecule is CCN(Cc1cc(CNCC(C)C)oc1C)C1CCCC1. The minimum Gasteiger partial charge on any atom is -0.465 e. The first-order valence-corrected chi connectivity index (χ1v) is 8.63. The average molecular weight is 292 g/mol. The van der Waals surface area contributed by atoms with Gasteiger partial charge < -0.3 is 9.73 Å². The van der Waals surface area contributed by atoms with Crippen LogP contribution < -0.4 is 5.32 Å². The highest BCUT2D eigenvalue weighted by molar-refractivity contribution is 5.21. The Labute approximate surface area is 130 Å². The highest BCUT2D eigenvalue weighted by Crippen LogP contribution is 2.26. The predicted octanol–water partition coefficient (Wildman–Crippen LogP) is 4.10. The molecule has 0 atom stereocenters. The van der Waals surface area contributed by atoms with Gasteiger partial charge in [-0.15, -0.1) is 0 Å². The van der Waals surface area contributed by atoms with Gasteiger partial charge in [0.2, 0.25) is 0 Å². The monoisotopic (exact) mass is 292 g/mol. The van der Waals surface area contributed by atoms with Gasteiger partial charge in [0, 0.05) is 18.2 Å². The van der Waals surface area contributed by atoms with E-state index in [1.807, 2.05) is 0 Å². The van der Waals surface area contributed by atoms with Crippen molar-refractivity contribution >= 4 is 0 Å². The summed E-state index contributed by atoms with van der Waals surface area (Å²) in [6.45, 7) is 12.9. The van der Waals surface area contributed by atoms with Crippen molar-refractivity contribution in [2.75, 3.05) is 13.1 Å². The van der Waals surface area contributed by atoms with Crippen LogP contribution in [0.3, 0.4) is 0 Å². The van der Waals surface area contributed by atoms with Crippen molar-refractivity contribution in [3.63, 3.8) is 0 Å². The van der Waals surface area contributed by atoms with Crippen LogP contribution in [0.4, 0.5) is 0 Å². The van der Waals surface area contributed by atoms with Gasteiger partial charge in [0.05, 0.1) is 6.54 Å². The Kier molecular flexibility index (Phi) is 6.31. The summed E-state index contributed by atoms with van der Waals surface area (Å²) in [6.07, 6.45) is 5.53. The molecule has 1 aromatic heterocycles. The molecule has 1 fully saturated rings. The molecule has 3 nitrogen and oxygen atoms in total. The maximum Gasteiger partial charge on any atom is 0.118 e. The molecule has 1 heterocycles. The lowest BCUT2D eigenvalue weighted by atomic mass is 10.1. The topological polar surface area (TPSA) is 28.4 Å². The molecule has 0 radical (unpaired) electrons. The van der Waals surface area contributed by atoms with E-state index in [0.29, 0.717) is 5.92 Å². The van der Waals surface area contributed by atoms with Crippen molar-refractivity contribution in [3.05, 3.63) is 23.2 Å². The van der Waals surface area contributed by atoms with E-state index in [-0.39, 0.29) is 0 Å². The van der Waals surface area contributed by atoms with Gasteiger partial charge >= 0.3 is 0 Å². The number of nitrogens with one attached hydrogen (secondary N) is 1. The first kappa shape index (κ1) is 16.6. The van der Waals surface area contributed by atoms with Gasteiger partial charge in [-0.05, 0) is 44.8 Å². The Morgan fingerprint density at radius 3 is 2.67 bits per heavy atom. The largest absolute Gasteiger partial charge is 0.465 e. The van der Waals surface area contributed by atoms with Crippen molar-refractivity contribution < 1.29 is 4.42 Å². The lowest BCUT2D eigenvalue weighted by Crippen LogP contribution is -2.32. The standard InChI is InChI=1S/C18H32N2O/c1-5-20(17-8-6-7-9-17)13-16-10-18(21-15(16)4)12-19-11-14(2)3/h10,14,17,19H,5-9,11-13H2,1-4H3. The predicted molar refractivity (Wildman–Crippen MR) is 88.3 cm³/mol. The minimum absolute atomic E-state index is 0.679. The molecule has 120 valence electrons. The van der Waals surface area contributed by atoms with E-state index in [1.165, 1.54) is 31.2 Å². The third-order valence-electron chi connectivity index (χ3n) is 4.54. The molecule has 2 rings (SSSR count). The molecule has 0 aliphatic heterocycles. The Balaban J connectivity index is 1.91. The molecule has 1 N–H and O–H groups in total. The second-order valence-corrected chi connectivity index (χ2v) is 6.82. The van der Waals surface area contributed by atoms with Crippen molar-refractivity contribution in [2.24, 2.45) is 5.92 Å². The Hall–Kier alpha value is -0.800. The normalized spacial score (nSPS) is 16.5. The molecule has 0 bridgehead atoms. The first-order valence-electron chi connectivity index (χ1n) is 8.63. The molecule has 0 amide bonds. The number of nitrogens with zero attached hydrogens (tertiary/aromatic N) is 1. The molecule has 21 heavy (non-hydrogen) atoms. The van der Waals surface area contributed by atoms with E-state index in [2.05, 4.69) is 44.0 Å². The minimum atomic E-state index is 0.679. The molecule has 3 heteroatoms. The van der Waals surface area contributed by atoms with Gasteiger partial charge in [-0.3, -0.25) is 4.90 Å². The highest BCUT2D eigenvalue weighted by Gasteiger charge is 2.22. The lowest BCUT2D eigenvalue weighted by Gasteiger charge is -2.27. The molecular weight excluding hydrogens is 260 g/mol. The summed E-state index contributed by atoms with van der Waals surface area (Å²) < 4.78 is 5.92. The second-order valence-electron chi connectivity index (χ2n) is 6.82. The van der Waals surface area contributed by atoms with E-state index < -0.39 is 0 Å². The third kappa shape index (κ3) is 4.86. The summed E-state index contributed by atoms with van der Waals surface area (Å²) in [5.74, 6) is 2.84. The average Bonchev–Trinajstić information content (AvgIpc) is 3.06. The van der Waals surface area contributed by atoms with Gasteiger partial charge in [0.1, 0.15) is 11.5 Å². The Morgan fingerprint density at radius 1 is 1.33 bits per heavy atom. The van der Waals surface area contributed by atoms with Gasteiger partial charge in [-0.2, -0.15) is 0 Å². The molecule has 0 saturated heterocycles. The van der Waals surface area contributed by atoms with Crippen LogP contribution in [0.5, 0.6) is 0 Å². The number of aryl methyl sites for hydroxylation is 1. The van der Waals surface area contributed by atoms with Crippen molar-refractivity contribution in [2.45, 2.75) is 72.5 Å². The smallest absolute Gasteiger partial charge is 0.118 e. The maximum absolute atomic E-state index is 5.92. The molecule has 0 unspecified atom stereocenters. The molecule has 0 aromatic carbocycles. The molecular formula is C18H32N2O.